The summed E-state index contributed by atoms with van der Waals surface area (Å²) in [7, 11) is 0. The van der Waals surface area contributed by atoms with E-state index in [-0.39, 0.29) is 19.4 Å². The van der Waals surface area contributed by atoms with E-state index < -0.39 is 36.0 Å². The average molecular weight is 277 g/mol. The summed E-state index contributed by atoms with van der Waals surface area (Å²) in [6.45, 7) is 0.611. The van der Waals surface area contributed by atoms with Crippen molar-refractivity contribution in [2.24, 2.45) is 0 Å². The summed E-state index contributed by atoms with van der Waals surface area (Å²) in [5.41, 5.74) is -1.31. The van der Waals surface area contributed by atoms with Crippen LogP contribution in [0.3, 0.4) is 0 Å². The van der Waals surface area contributed by atoms with Crippen LogP contribution in [0.5, 0.6) is 0 Å². The van der Waals surface area contributed by atoms with Crippen molar-refractivity contribution in [3.63, 3.8) is 0 Å². The molecule has 5 nitrogen and oxygen atoms in total. The second-order valence-electron chi connectivity index (χ2n) is 5.09. The Labute approximate surface area is 109 Å². The maximum Gasteiger partial charge on any atom is 0.397 e. The molecule has 1 unspecified atom stereocenters. The number of halogens is 2. The fourth-order valence-corrected chi connectivity index (χ4v) is 3.10. The van der Waals surface area contributed by atoms with Crippen LogP contribution in [0.1, 0.15) is 32.6 Å². The zero-order valence-corrected chi connectivity index (χ0v) is 10.7. The zero-order valence-electron chi connectivity index (χ0n) is 10.7. The third-order valence-electron chi connectivity index (χ3n) is 3.98. The highest BCUT2D eigenvalue weighted by molar-refractivity contribution is 6.32. The molecule has 1 aliphatic heterocycles. The minimum absolute atomic E-state index is 0.00433. The minimum atomic E-state index is -3.38. The van der Waals surface area contributed by atoms with Gasteiger partial charge in [-0.3, -0.25) is 4.79 Å². The van der Waals surface area contributed by atoms with Gasteiger partial charge in [-0.1, -0.05) is 12.8 Å². The van der Waals surface area contributed by atoms with E-state index >= 15 is 0 Å². The molecule has 0 bridgehead atoms. The first-order valence-electron chi connectivity index (χ1n) is 6.40. The first-order valence-corrected chi connectivity index (χ1v) is 6.40. The van der Waals surface area contributed by atoms with Crippen molar-refractivity contribution in [2.75, 3.05) is 13.2 Å². The SMILES string of the molecule is CCOC(=O)C(=O)N1CC(F)(F)C(O)C12CCCC2. The third kappa shape index (κ3) is 2.09. The number of likely N-dealkylation sites (tertiary alicyclic amines) is 1. The second-order valence-corrected chi connectivity index (χ2v) is 5.09. The van der Waals surface area contributed by atoms with Crippen LogP contribution in [-0.4, -0.2) is 52.6 Å². The Morgan fingerprint density at radius 2 is 1.95 bits per heavy atom. The molecular formula is C12H17F2NO4. The minimum Gasteiger partial charge on any atom is -0.459 e. The van der Waals surface area contributed by atoms with E-state index in [1.807, 2.05) is 0 Å². The maximum atomic E-state index is 13.7. The van der Waals surface area contributed by atoms with Crippen molar-refractivity contribution in [3.8, 4) is 0 Å². The molecule has 7 heteroatoms. The summed E-state index contributed by atoms with van der Waals surface area (Å²) in [6.07, 6.45) is -0.0376. The lowest BCUT2D eigenvalue weighted by Gasteiger charge is -2.35. The van der Waals surface area contributed by atoms with Crippen LogP contribution in [0.15, 0.2) is 0 Å². The molecule has 1 atom stereocenters. The molecule has 2 fully saturated rings. The van der Waals surface area contributed by atoms with E-state index in [0.717, 1.165) is 4.90 Å². The smallest absolute Gasteiger partial charge is 0.397 e. The Hall–Kier alpha value is -1.24. The van der Waals surface area contributed by atoms with Crippen molar-refractivity contribution in [1.82, 2.24) is 4.90 Å². The first kappa shape index (κ1) is 14.2. The van der Waals surface area contributed by atoms with Gasteiger partial charge in [0.25, 0.3) is 5.92 Å². The van der Waals surface area contributed by atoms with E-state index in [1.54, 1.807) is 0 Å². The largest absolute Gasteiger partial charge is 0.459 e. The molecular weight excluding hydrogens is 260 g/mol. The van der Waals surface area contributed by atoms with Crippen LogP contribution < -0.4 is 0 Å². The lowest BCUT2D eigenvalue weighted by Crippen LogP contribution is -2.53. The highest BCUT2D eigenvalue weighted by Gasteiger charge is 2.65. The second kappa shape index (κ2) is 4.70. The monoisotopic (exact) mass is 277 g/mol. The summed E-state index contributed by atoms with van der Waals surface area (Å²) in [5.74, 6) is -5.61. The van der Waals surface area contributed by atoms with Crippen LogP contribution in [0.2, 0.25) is 0 Å². The van der Waals surface area contributed by atoms with Gasteiger partial charge in [0.1, 0.15) is 6.10 Å². The fourth-order valence-electron chi connectivity index (χ4n) is 3.10. The van der Waals surface area contributed by atoms with Gasteiger partial charge < -0.3 is 14.7 Å². The number of alkyl halides is 2. The van der Waals surface area contributed by atoms with E-state index in [2.05, 4.69) is 4.74 Å². The standard InChI is InChI=1S/C12H17F2NO4/c1-2-19-9(17)8(16)15-7-12(13,14)10(18)11(15)5-3-4-6-11/h10,18H,2-7H2,1H3. The number of carbonyl (C=O) groups is 2. The lowest BCUT2D eigenvalue weighted by molar-refractivity contribution is -0.163. The summed E-state index contributed by atoms with van der Waals surface area (Å²) in [6, 6.07) is 0. The number of hydrogen-bond donors (Lipinski definition) is 1. The quantitative estimate of drug-likeness (QED) is 0.566. The summed E-state index contributed by atoms with van der Waals surface area (Å²) >= 11 is 0. The molecule has 1 aliphatic carbocycles. The van der Waals surface area contributed by atoms with Gasteiger partial charge in [0, 0.05) is 0 Å². The summed E-state index contributed by atoms with van der Waals surface area (Å²) < 4.78 is 32.0. The van der Waals surface area contributed by atoms with Crippen molar-refractivity contribution in [3.05, 3.63) is 0 Å². The number of esters is 1. The normalized spacial score (nSPS) is 27.8. The molecule has 1 spiro atoms. The summed E-state index contributed by atoms with van der Waals surface area (Å²) in [4.78, 5) is 24.2. The fraction of sp³-hybridized carbons (Fsp3) is 0.833. The number of rotatable bonds is 1. The van der Waals surface area contributed by atoms with E-state index in [0.29, 0.717) is 12.8 Å². The number of nitrogens with zero attached hydrogens (tertiary/aromatic N) is 1. The molecule has 19 heavy (non-hydrogen) atoms. The van der Waals surface area contributed by atoms with Gasteiger partial charge in [-0.25, -0.2) is 13.6 Å². The number of amides is 1. The molecule has 2 rings (SSSR count). The average Bonchev–Trinajstić information content (AvgIpc) is 2.90. The van der Waals surface area contributed by atoms with Gasteiger partial charge in [0.2, 0.25) is 0 Å². The van der Waals surface area contributed by atoms with Crippen LogP contribution in [0.25, 0.3) is 0 Å². The Morgan fingerprint density at radius 3 is 2.47 bits per heavy atom. The van der Waals surface area contributed by atoms with Crippen molar-refractivity contribution < 1.29 is 28.2 Å². The van der Waals surface area contributed by atoms with Crippen molar-refractivity contribution >= 4 is 11.9 Å². The van der Waals surface area contributed by atoms with Crippen molar-refractivity contribution in [2.45, 2.75) is 50.2 Å². The predicted molar refractivity (Wildman–Crippen MR) is 60.5 cm³/mol. The van der Waals surface area contributed by atoms with Crippen LogP contribution in [0.4, 0.5) is 8.78 Å². The van der Waals surface area contributed by atoms with Crippen LogP contribution in [0, 0.1) is 0 Å². The predicted octanol–water partition coefficient (Wildman–Crippen LogP) is 0.701. The molecule has 1 amide bonds. The molecule has 0 aromatic rings. The number of ether oxygens (including phenoxy) is 1. The van der Waals surface area contributed by atoms with Gasteiger partial charge >= 0.3 is 11.9 Å². The highest BCUT2D eigenvalue weighted by Crippen LogP contribution is 2.48. The summed E-state index contributed by atoms with van der Waals surface area (Å²) in [5, 5.41) is 9.84. The number of aliphatic hydroxyl groups excluding tert-OH is 1. The van der Waals surface area contributed by atoms with Crippen molar-refractivity contribution in [1.29, 1.82) is 0 Å². The molecule has 2 aliphatic rings. The highest BCUT2D eigenvalue weighted by atomic mass is 19.3. The topological polar surface area (TPSA) is 66.8 Å². The Morgan fingerprint density at radius 1 is 1.37 bits per heavy atom. The molecule has 1 heterocycles. The van der Waals surface area contributed by atoms with E-state index in [9.17, 15) is 23.5 Å². The van der Waals surface area contributed by atoms with E-state index in [4.69, 9.17) is 0 Å². The molecule has 1 saturated carbocycles. The van der Waals surface area contributed by atoms with Gasteiger partial charge in [0.15, 0.2) is 0 Å². The molecule has 1 N–H and O–H groups in total. The number of carbonyl (C=O) groups excluding carboxylic acids is 2. The number of hydrogen-bond acceptors (Lipinski definition) is 4. The Bertz CT molecular complexity index is 393. The first-order chi connectivity index (χ1) is 8.85. The zero-order chi connectivity index (χ0) is 14.3. The van der Waals surface area contributed by atoms with E-state index in [1.165, 1.54) is 6.92 Å². The van der Waals surface area contributed by atoms with Gasteiger partial charge in [-0.15, -0.1) is 0 Å². The molecule has 0 aromatic carbocycles. The Balaban J connectivity index is 2.28. The molecule has 0 aromatic heterocycles. The van der Waals surface area contributed by atoms with Gasteiger partial charge in [0.05, 0.1) is 18.7 Å². The third-order valence-corrected chi connectivity index (χ3v) is 3.98. The lowest BCUT2D eigenvalue weighted by atomic mass is 9.90. The Kier molecular flexibility index (Phi) is 3.51. The van der Waals surface area contributed by atoms with Gasteiger partial charge in [-0.2, -0.15) is 0 Å². The molecule has 1 saturated heterocycles. The van der Waals surface area contributed by atoms with Crippen LogP contribution in [-0.2, 0) is 14.3 Å². The van der Waals surface area contributed by atoms with Gasteiger partial charge in [-0.05, 0) is 19.8 Å². The molecule has 108 valence electrons. The number of aliphatic hydroxyl groups is 1. The maximum absolute atomic E-state index is 13.7. The molecule has 0 radical (unpaired) electrons. The van der Waals surface area contributed by atoms with Crippen LogP contribution >= 0.6 is 0 Å².